The van der Waals surface area contributed by atoms with E-state index in [0.717, 1.165) is 24.5 Å². The lowest BCUT2D eigenvalue weighted by molar-refractivity contribution is -0.138. The molecule has 1 aromatic carbocycles. The Kier molecular flexibility index (Phi) is 7.56. The number of ether oxygens (including phenoxy) is 1. The van der Waals surface area contributed by atoms with Gasteiger partial charge in [0.15, 0.2) is 11.0 Å². The standard InChI is InChI=1S/C21H28N6O3S/c1-5-27(6-2)15-10-8-14(9-11-15)18-24-25-21(26(18)4)31-13-17-16(19(28)30-7-3)12-22-20(29)23-17/h8-11H,5-7,12-13H2,1-4H3,(H2,22,23,29). The fraction of sp³-hybridized carbons (Fsp3) is 0.429. The van der Waals surface area contributed by atoms with E-state index in [0.29, 0.717) is 22.2 Å². The molecule has 0 spiro atoms. The minimum atomic E-state index is -0.433. The molecular formula is C21H28N6O3S. The Balaban J connectivity index is 1.75. The largest absolute Gasteiger partial charge is 0.463 e. The zero-order valence-electron chi connectivity index (χ0n) is 18.3. The first-order valence-electron chi connectivity index (χ1n) is 10.3. The molecule has 1 aromatic heterocycles. The number of nitrogens with one attached hydrogen (secondary N) is 2. The molecule has 0 radical (unpaired) electrons. The molecule has 0 bridgehead atoms. The van der Waals surface area contributed by atoms with Crippen LogP contribution < -0.4 is 15.5 Å². The van der Waals surface area contributed by atoms with Gasteiger partial charge in [0.05, 0.1) is 18.7 Å². The number of esters is 1. The maximum absolute atomic E-state index is 12.2. The summed E-state index contributed by atoms with van der Waals surface area (Å²) < 4.78 is 7.00. The van der Waals surface area contributed by atoms with Gasteiger partial charge >= 0.3 is 12.0 Å². The lowest BCUT2D eigenvalue weighted by Crippen LogP contribution is -2.44. The van der Waals surface area contributed by atoms with Crippen LogP contribution >= 0.6 is 11.8 Å². The summed E-state index contributed by atoms with van der Waals surface area (Å²) in [7, 11) is 1.90. The zero-order valence-corrected chi connectivity index (χ0v) is 19.1. The van der Waals surface area contributed by atoms with Gasteiger partial charge in [-0.1, -0.05) is 11.8 Å². The molecule has 2 N–H and O–H groups in total. The molecule has 0 atom stereocenters. The van der Waals surface area contributed by atoms with E-state index in [9.17, 15) is 9.59 Å². The second-order valence-electron chi connectivity index (χ2n) is 6.86. The lowest BCUT2D eigenvalue weighted by atomic mass is 10.2. The zero-order chi connectivity index (χ0) is 22.4. The van der Waals surface area contributed by atoms with E-state index < -0.39 is 5.97 Å². The van der Waals surface area contributed by atoms with Gasteiger partial charge in [0.1, 0.15) is 0 Å². The summed E-state index contributed by atoms with van der Waals surface area (Å²) >= 11 is 1.40. The number of thioether (sulfide) groups is 1. The third-order valence-corrected chi connectivity index (χ3v) is 6.06. The van der Waals surface area contributed by atoms with Crippen LogP contribution in [0.4, 0.5) is 10.5 Å². The van der Waals surface area contributed by atoms with E-state index >= 15 is 0 Å². The molecule has 0 saturated heterocycles. The van der Waals surface area contributed by atoms with Crippen molar-refractivity contribution in [3.8, 4) is 11.4 Å². The maximum Gasteiger partial charge on any atom is 0.337 e. The van der Waals surface area contributed by atoms with E-state index in [1.807, 2.05) is 23.7 Å². The summed E-state index contributed by atoms with van der Waals surface area (Å²) in [5, 5.41) is 14.6. The molecule has 10 heteroatoms. The van der Waals surface area contributed by atoms with Gasteiger partial charge in [-0.25, -0.2) is 9.59 Å². The smallest absolute Gasteiger partial charge is 0.337 e. The highest BCUT2D eigenvalue weighted by Gasteiger charge is 2.24. The van der Waals surface area contributed by atoms with Gasteiger partial charge in [-0.3, -0.25) is 0 Å². The summed E-state index contributed by atoms with van der Waals surface area (Å²) in [6, 6.07) is 7.92. The van der Waals surface area contributed by atoms with Crippen molar-refractivity contribution in [3.63, 3.8) is 0 Å². The topological polar surface area (TPSA) is 101 Å². The predicted octanol–water partition coefficient (Wildman–Crippen LogP) is 2.55. The second-order valence-corrected chi connectivity index (χ2v) is 7.80. The van der Waals surface area contributed by atoms with Crippen molar-refractivity contribution < 1.29 is 14.3 Å². The quantitative estimate of drug-likeness (QED) is 0.453. The van der Waals surface area contributed by atoms with Crippen LogP contribution in [-0.2, 0) is 16.6 Å². The number of carbonyl (C=O) groups excluding carboxylic acids is 2. The second kappa shape index (κ2) is 10.3. The molecule has 1 aliphatic heterocycles. The molecule has 0 saturated carbocycles. The number of benzene rings is 1. The predicted molar refractivity (Wildman–Crippen MR) is 121 cm³/mol. The Morgan fingerprint density at radius 3 is 2.55 bits per heavy atom. The number of anilines is 1. The summed E-state index contributed by atoms with van der Waals surface area (Å²) in [4.78, 5) is 26.2. The van der Waals surface area contributed by atoms with Crippen molar-refractivity contribution in [1.29, 1.82) is 0 Å². The van der Waals surface area contributed by atoms with Crippen molar-refractivity contribution in [1.82, 2.24) is 25.4 Å². The van der Waals surface area contributed by atoms with Crippen molar-refractivity contribution in [2.45, 2.75) is 25.9 Å². The van der Waals surface area contributed by atoms with Crippen molar-refractivity contribution in [2.24, 2.45) is 7.05 Å². The van der Waals surface area contributed by atoms with Crippen LogP contribution in [0.3, 0.4) is 0 Å². The minimum absolute atomic E-state index is 0.142. The molecule has 2 heterocycles. The first-order chi connectivity index (χ1) is 15.0. The van der Waals surface area contributed by atoms with Gasteiger partial charge in [0.25, 0.3) is 0 Å². The average molecular weight is 445 g/mol. The number of amides is 2. The number of carbonyl (C=O) groups is 2. The molecular weight excluding hydrogens is 416 g/mol. The molecule has 2 amide bonds. The van der Waals surface area contributed by atoms with E-state index in [-0.39, 0.29) is 19.2 Å². The Bertz CT molecular complexity index is 966. The van der Waals surface area contributed by atoms with Gasteiger partial charge < -0.3 is 24.8 Å². The van der Waals surface area contributed by atoms with Gasteiger partial charge in [-0.05, 0) is 45.0 Å². The Morgan fingerprint density at radius 1 is 1.19 bits per heavy atom. The number of nitrogens with zero attached hydrogens (tertiary/aromatic N) is 4. The Morgan fingerprint density at radius 2 is 1.90 bits per heavy atom. The third kappa shape index (κ3) is 5.19. The van der Waals surface area contributed by atoms with E-state index in [4.69, 9.17) is 4.74 Å². The molecule has 0 fully saturated rings. The van der Waals surface area contributed by atoms with Crippen LogP contribution in [0.1, 0.15) is 20.8 Å². The normalized spacial score (nSPS) is 13.6. The van der Waals surface area contributed by atoms with Crippen LogP contribution in [0.2, 0.25) is 0 Å². The van der Waals surface area contributed by atoms with Crippen LogP contribution in [0, 0.1) is 0 Å². The van der Waals surface area contributed by atoms with Gasteiger partial charge in [0, 0.05) is 42.8 Å². The fourth-order valence-electron chi connectivity index (χ4n) is 3.31. The molecule has 1 aliphatic rings. The monoisotopic (exact) mass is 444 g/mol. The molecule has 31 heavy (non-hydrogen) atoms. The summed E-state index contributed by atoms with van der Waals surface area (Å²) in [6.07, 6.45) is 0. The molecule has 0 aliphatic carbocycles. The average Bonchev–Trinajstić information content (AvgIpc) is 3.14. The lowest BCUT2D eigenvalue weighted by Gasteiger charge is -2.21. The summed E-state index contributed by atoms with van der Waals surface area (Å²) in [5.74, 6) is 0.689. The highest BCUT2D eigenvalue weighted by molar-refractivity contribution is 7.99. The Labute approximate surface area is 186 Å². The molecule has 166 valence electrons. The number of aromatic nitrogens is 3. The van der Waals surface area contributed by atoms with E-state index in [1.165, 1.54) is 17.4 Å². The maximum atomic E-state index is 12.2. The number of rotatable bonds is 9. The van der Waals surface area contributed by atoms with Crippen LogP contribution in [0.15, 0.2) is 40.7 Å². The van der Waals surface area contributed by atoms with Gasteiger partial charge in [0.2, 0.25) is 0 Å². The number of hydrogen-bond acceptors (Lipinski definition) is 7. The molecule has 3 rings (SSSR count). The van der Waals surface area contributed by atoms with Crippen LogP contribution in [0.25, 0.3) is 11.4 Å². The van der Waals surface area contributed by atoms with E-state index in [1.54, 1.807) is 6.92 Å². The van der Waals surface area contributed by atoms with Crippen molar-refractivity contribution in [3.05, 3.63) is 35.5 Å². The third-order valence-electron chi connectivity index (χ3n) is 5.01. The Hall–Kier alpha value is -3.01. The summed E-state index contributed by atoms with van der Waals surface area (Å²) in [5.41, 5.74) is 3.09. The fourth-order valence-corrected chi connectivity index (χ4v) is 4.21. The number of hydrogen-bond donors (Lipinski definition) is 2. The van der Waals surface area contributed by atoms with Crippen LogP contribution in [-0.4, -0.2) is 58.8 Å². The highest BCUT2D eigenvalue weighted by Crippen LogP contribution is 2.26. The highest BCUT2D eigenvalue weighted by atomic mass is 32.2. The molecule has 9 nitrogen and oxygen atoms in total. The van der Waals surface area contributed by atoms with Crippen molar-refractivity contribution in [2.75, 3.05) is 36.9 Å². The van der Waals surface area contributed by atoms with Crippen molar-refractivity contribution >= 4 is 29.4 Å². The molecule has 0 unspecified atom stereocenters. The van der Waals surface area contributed by atoms with E-state index in [2.05, 4.69) is 51.7 Å². The summed E-state index contributed by atoms with van der Waals surface area (Å²) in [6.45, 7) is 8.35. The number of urea groups is 1. The van der Waals surface area contributed by atoms with Gasteiger partial charge in [-0.2, -0.15) is 0 Å². The SMILES string of the molecule is CCOC(=O)C1=C(CSc2nnc(-c3ccc(N(CC)CC)cc3)n2C)NC(=O)NC1. The van der Waals surface area contributed by atoms with Crippen LogP contribution in [0.5, 0.6) is 0 Å². The van der Waals surface area contributed by atoms with Gasteiger partial charge in [-0.15, -0.1) is 10.2 Å². The molecule has 2 aromatic rings. The first kappa shape index (κ1) is 22.7. The minimum Gasteiger partial charge on any atom is -0.463 e. The first-order valence-corrected chi connectivity index (χ1v) is 11.3.